The van der Waals surface area contributed by atoms with Crippen LogP contribution in [-0.4, -0.2) is 39.6 Å². The Labute approximate surface area is 201 Å². The molecule has 1 aliphatic rings. The van der Waals surface area contributed by atoms with Crippen LogP contribution in [0.3, 0.4) is 0 Å². The molecule has 0 bridgehead atoms. The number of rotatable bonds is 8. The average molecular weight is 826 g/mol. The topological polar surface area (TPSA) is 0 Å². The zero-order valence-electron chi connectivity index (χ0n) is 11.6. The van der Waals surface area contributed by atoms with Crippen LogP contribution in [0.4, 0.5) is 0 Å². The Kier molecular flexibility index (Phi) is 13.4. The summed E-state index contributed by atoms with van der Waals surface area (Å²) in [6.07, 6.45) is 7.21. The van der Waals surface area contributed by atoms with Crippen molar-refractivity contribution < 1.29 is 0 Å². The van der Waals surface area contributed by atoms with E-state index in [0.29, 0.717) is 40.8 Å². The van der Waals surface area contributed by atoms with Crippen molar-refractivity contribution in [1.82, 2.24) is 0 Å². The molecule has 1 aliphatic carbocycles. The molecule has 1 saturated carbocycles. The minimum Gasteiger partial charge on any atom is -0.0916 e. The van der Waals surface area contributed by atoms with E-state index in [1.165, 1.54) is 0 Å². The van der Waals surface area contributed by atoms with E-state index < -0.39 is 0 Å². The average Bonchev–Trinajstić information content (AvgIpc) is 2.57. The Morgan fingerprint density at radius 2 is 1.00 bits per heavy atom. The van der Waals surface area contributed by atoms with Gasteiger partial charge >= 0.3 is 0 Å². The van der Waals surface area contributed by atoms with Crippen molar-refractivity contribution in [3.63, 3.8) is 0 Å². The van der Waals surface area contributed by atoms with E-state index in [0.717, 1.165) is 23.5 Å². The van der Waals surface area contributed by atoms with Crippen LogP contribution in [-0.2, 0) is 0 Å². The highest BCUT2D eigenvalue weighted by molar-refractivity contribution is 9.15. The molecule has 8 unspecified atom stereocenters. The Hall–Kier alpha value is 3.84. The zero-order chi connectivity index (χ0) is 16.9. The van der Waals surface area contributed by atoms with Gasteiger partial charge in [-0.3, -0.25) is 0 Å². The second-order valence-electron chi connectivity index (χ2n) is 5.39. The fourth-order valence-electron chi connectivity index (χ4n) is 2.42. The molecule has 0 N–H and O–H groups in total. The van der Waals surface area contributed by atoms with Gasteiger partial charge in [-0.2, -0.15) is 0 Å². The lowest BCUT2D eigenvalue weighted by Crippen LogP contribution is -2.38. The Morgan fingerprint density at radius 3 is 1.23 bits per heavy atom. The molecule has 0 heterocycles. The van der Waals surface area contributed by atoms with Gasteiger partial charge in [-0.15, -0.1) is 0 Å². The van der Waals surface area contributed by atoms with Gasteiger partial charge in [0.15, 0.2) is 0 Å². The smallest absolute Gasteiger partial charge is 0.0407 e. The summed E-state index contributed by atoms with van der Waals surface area (Å²) in [4.78, 5) is 2.53. The van der Waals surface area contributed by atoms with Gasteiger partial charge in [-0.05, 0) is 37.5 Å². The summed E-state index contributed by atoms with van der Waals surface area (Å²) in [5.41, 5.74) is 0. The maximum Gasteiger partial charge on any atom is 0.0407 e. The van der Waals surface area contributed by atoms with Crippen LogP contribution in [0.15, 0.2) is 0 Å². The number of hydrogen-bond acceptors (Lipinski definition) is 0. The number of hydrogen-bond donors (Lipinski definition) is 0. The predicted molar refractivity (Wildman–Crippen MR) is 129 cm³/mol. The normalized spacial score (nSPS) is 31.1. The summed E-state index contributed by atoms with van der Waals surface area (Å²) >= 11 is 29.9. The van der Waals surface area contributed by atoms with Gasteiger partial charge in [0.2, 0.25) is 0 Å². The minimum atomic E-state index is 0.405. The molecule has 0 saturated heterocycles. The van der Waals surface area contributed by atoms with Crippen molar-refractivity contribution in [2.75, 3.05) is 10.7 Å². The molecule has 0 spiro atoms. The van der Waals surface area contributed by atoms with Gasteiger partial charge in [0, 0.05) is 39.6 Å². The van der Waals surface area contributed by atoms with E-state index in [1.807, 2.05) is 0 Å². The summed E-state index contributed by atoms with van der Waals surface area (Å²) in [7, 11) is 0. The van der Waals surface area contributed by atoms with Crippen molar-refractivity contribution in [1.29, 1.82) is 0 Å². The maximum absolute atomic E-state index is 3.88. The van der Waals surface area contributed by atoms with Crippen LogP contribution in [0.2, 0.25) is 0 Å². The second-order valence-corrected chi connectivity index (χ2v) is 13.3. The van der Waals surface area contributed by atoms with Crippen molar-refractivity contribution in [3.8, 4) is 0 Å². The van der Waals surface area contributed by atoms with Crippen molar-refractivity contribution in [2.45, 2.75) is 41.8 Å². The first-order valence-electron chi connectivity index (χ1n) is 6.96. The van der Waals surface area contributed by atoms with Crippen LogP contribution < -0.4 is 0 Å². The molecule has 22 heavy (non-hydrogen) atoms. The largest absolute Gasteiger partial charge is 0.0916 e. The molecule has 1 rings (SSSR count). The monoisotopic (exact) mass is 817 g/mol. The zero-order valence-corrected chi connectivity index (χ0v) is 24.3. The highest BCUT2D eigenvalue weighted by Crippen LogP contribution is 2.42. The summed E-state index contributed by atoms with van der Waals surface area (Å²) in [5.74, 6) is 1.15. The SMILES string of the molecule is BrCC(Br)C(Br)C(Br)C1[CH]CC(C(Br)C(Br)C(Br)CBr)[CH]C1. The van der Waals surface area contributed by atoms with Gasteiger partial charge in [0.1, 0.15) is 0 Å². The van der Waals surface area contributed by atoms with Gasteiger partial charge < -0.3 is 0 Å². The Bertz CT molecular complexity index is 277. The summed E-state index contributed by atoms with van der Waals surface area (Å²) < 4.78 is 0. The summed E-state index contributed by atoms with van der Waals surface area (Å²) in [6, 6.07) is 0. The molecule has 130 valence electrons. The molecule has 0 aromatic heterocycles. The van der Waals surface area contributed by atoms with Crippen molar-refractivity contribution >= 4 is 127 Å². The van der Waals surface area contributed by atoms with Crippen molar-refractivity contribution in [3.05, 3.63) is 12.8 Å². The van der Waals surface area contributed by atoms with Crippen LogP contribution in [0, 0.1) is 24.7 Å². The molecule has 0 amide bonds. The third-order valence-corrected chi connectivity index (χ3v) is 16.5. The standard InChI is InChI=1S/C14H18Br8/c15-5-9(17)13(21)11(19)7-1-2-8(4-3-7)12(20)14(22)10(18)6-16/h1,4,7-14H,2-3,5-6H2. The highest BCUT2D eigenvalue weighted by atomic mass is 79.9. The van der Waals surface area contributed by atoms with Crippen LogP contribution in [0.5, 0.6) is 0 Å². The highest BCUT2D eigenvalue weighted by Gasteiger charge is 2.37. The van der Waals surface area contributed by atoms with Crippen molar-refractivity contribution in [2.24, 2.45) is 11.8 Å². The van der Waals surface area contributed by atoms with E-state index in [4.69, 9.17) is 0 Å². The third kappa shape index (κ3) is 7.10. The molecular formula is C14H18Br8. The second kappa shape index (κ2) is 12.3. The molecule has 2 radical (unpaired) electrons. The van der Waals surface area contributed by atoms with Crippen LogP contribution >= 0.6 is 127 Å². The molecule has 1 fully saturated rings. The number of alkyl halides is 8. The lowest BCUT2D eigenvalue weighted by molar-refractivity contribution is 0.407. The van der Waals surface area contributed by atoms with Gasteiger partial charge in [0.05, 0.1) is 0 Å². The van der Waals surface area contributed by atoms with Gasteiger partial charge in [0.25, 0.3) is 0 Å². The summed E-state index contributed by atoms with van der Waals surface area (Å²) in [5, 5.41) is 1.88. The fraction of sp³-hybridized carbons (Fsp3) is 0.857. The molecule has 0 aliphatic heterocycles. The lowest BCUT2D eigenvalue weighted by Gasteiger charge is -2.37. The summed E-state index contributed by atoms with van der Waals surface area (Å²) in [6.45, 7) is 0. The van der Waals surface area contributed by atoms with Gasteiger partial charge in [-0.1, -0.05) is 127 Å². The fourth-order valence-corrected chi connectivity index (χ4v) is 8.46. The first-order valence-corrected chi connectivity index (χ1v) is 14.7. The van der Waals surface area contributed by atoms with E-state index in [9.17, 15) is 0 Å². The van der Waals surface area contributed by atoms with E-state index >= 15 is 0 Å². The lowest BCUT2D eigenvalue weighted by atomic mass is 9.78. The predicted octanol–water partition coefficient (Wildman–Crippen LogP) is 7.79. The Morgan fingerprint density at radius 1 is 0.682 bits per heavy atom. The first kappa shape index (κ1) is 23.9. The molecular weight excluding hydrogens is 807 g/mol. The van der Waals surface area contributed by atoms with E-state index in [2.05, 4.69) is 140 Å². The van der Waals surface area contributed by atoms with Crippen LogP contribution in [0.25, 0.3) is 0 Å². The van der Waals surface area contributed by atoms with E-state index in [1.54, 1.807) is 0 Å². The quantitative estimate of drug-likeness (QED) is 0.220. The maximum atomic E-state index is 3.88. The minimum absolute atomic E-state index is 0.405. The molecule has 0 aromatic carbocycles. The number of halogens is 8. The first-order chi connectivity index (χ1) is 10.3. The molecule has 0 nitrogen and oxygen atoms in total. The molecule has 8 atom stereocenters. The molecule has 8 heteroatoms. The third-order valence-electron chi connectivity index (χ3n) is 3.83. The Balaban J connectivity index is 2.49. The molecule has 0 aromatic rings. The van der Waals surface area contributed by atoms with E-state index in [-0.39, 0.29) is 0 Å². The van der Waals surface area contributed by atoms with Gasteiger partial charge in [-0.25, -0.2) is 0 Å². The van der Waals surface area contributed by atoms with Crippen LogP contribution in [0.1, 0.15) is 12.8 Å².